The van der Waals surface area contributed by atoms with Crippen molar-refractivity contribution in [2.24, 2.45) is 4.99 Å². The molecular formula is C20H16Cl2N2O4S. The highest BCUT2D eigenvalue weighted by Gasteiger charge is 2.27. The molecule has 1 N–H and O–H groups in total. The largest absolute Gasteiger partial charge is 0.494 e. The van der Waals surface area contributed by atoms with Gasteiger partial charge in [-0.3, -0.25) is 9.79 Å². The van der Waals surface area contributed by atoms with Crippen LogP contribution in [0, 0.1) is 0 Å². The Kier molecular flexibility index (Phi) is 5.14. The van der Waals surface area contributed by atoms with Gasteiger partial charge in [-0.25, -0.2) is 13.0 Å². The van der Waals surface area contributed by atoms with Gasteiger partial charge in [-0.05, 0) is 30.7 Å². The summed E-state index contributed by atoms with van der Waals surface area (Å²) < 4.78 is 24.5. The molecule has 1 aliphatic heterocycles. The zero-order chi connectivity index (χ0) is 20.8. The van der Waals surface area contributed by atoms with E-state index in [1.54, 1.807) is 30.3 Å². The van der Waals surface area contributed by atoms with E-state index >= 15 is 0 Å². The lowest BCUT2D eigenvalue weighted by molar-refractivity contribution is 0.436. The minimum atomic E-state index is -3.08. The summed E-state index contributed by atoms with van der Waals surface area (Å²) in [5.74, 6) is -0.274. The summed E-state index contributed by atoms with van der Waals surface area (Å²) in [6, 6.07) is 11.0. The van der Waals surface area contributed by atoms with E-state index in [0.29, 0.717) is 27.8 Å². The SMILES string of the molecule is O=c1c2ccccc2c(C=N[C@@H]2CCS(=O)(=O)C2)c(O)n1-c1cc(Cl)ccc1Cl. The molecule has 2 heterocycles. The second kappa shape index (κ2) is 7.48. The Morgan fingerprint density at radius 1 is 1.14 bits per heavy atom. The topological polar surface area (TPSA) is 88.7 Å². The molecule has 1 aliphatic rings. The average molecular weight is 451 g/mol. The molecule has 9 heteroatoms. The lowest BCUT2D eigenvalue weighted by Gasteiger charge is -2.15. The number of aromatic hydroxyl groups is 1. The smallest absolute Gasteiger partial charge is 0.265 e. The molecule has 1 saturated heterocycles. The van der Waals surface area contributed by atoms with Crippen LogP contribution in [0.15, 0.2) is 52.3 Å². The number of nitrogens with zero attached hydrogens (tertiary/aromatic N) is 2. The zero-order valence-electron chi connectivity index (χ0n) is 15.0. The summed E-state index contributed by atoms with van der Waals surface area (Å²) in [7, 11) is -3.08. The third-order valence-electron chi connectivity index (χ3n) is 4.88. The summed E-state index contributed by atoms with van der Waals surface area (Å²) >= 11 is 12.3. The van der Waals surface area contributed by atoms with Crippen molar-refractivity contribution in [3.8, 4) is 11.6 Å². The fraction of sp³-hybridized carbons (Fsp3) is 0.200. The van der Waals surface area contributed by atoms with Crippen LogP contribution in [0.3, 0.4) is 0 Å². The van der Waals surface area contributed by atoms with E-state index in [1.165, 1.54) is 18.3 Å². The Hall–Kier alpha value is -2.35. The van der Waals surface area contributed by atoms with Crippen molar-refractivity contribution in [1.29, 1.82) is 0 Å². The van der Waals surface area contributed by atoms with Gasteiger partial charge in [0.05, 0.1) is 33.8 Å². The van der Waals surface area contributed by atoms with Crippen LogP contribution in [-0.4, -0.2) is 41.9 Å². The van der Waals surface area contributed by atoms with Crippen molar-refractivity contribution in [2.75, 3.05) is 11.5 Å². The van der Waals surface area contributed by atoms with Gasteiger partial charge in [-0.1, -0.05) is 41.4 Å². The van der Waals surface area contributed by atoms with Gasteiger partial charge in [0.25, 0.3) is 5.56 Å². The highest BCUT2D eigenvalue weighted by Crippen LogP contribution is 2.30. The molecule has 0 radical (unpaired) electrons. The third-order valence-corrected chi connectivity index (χ3v) is 7.18. The van der Waals surface area contributed by atoms with Crippen molar-refractivity contribution in [3.05, 3.63) is 68.4 Å². The van der Waals surface area contributed by atoms with Gasteiger partial charge in [0.2, 0.25) is 5.88 Å². The monoisotopic (exact) mass is 450 g/mol. The fourth-order valence-electron chi connectivity index (χ4n) is 3.44. The molecule has 6 nitrogen and oxygen atoms in total. The molecular weight excluding hydrogens is 435 g/mol. The van der Waals surface area contributed by atoms with Crippen LogP contribution in [-0.2, 0) is 9.84 Å². The standard InChI is InChI=1S/C20H16Cl2N2O4S/c21-12-5-6-17(22)18(9-12)24-19(25)15-4-2-1-3-14(15)16(20(24)26)10-23-13-7-8-29(27,28)11-13/h1-6,9-10,13,26H,7-8,11H2/t13-/m1/s1. The molecule has 29 heavy (non-hydrogen) atoms. The molecule has 150 valence electrons. The van der Waals surface area contributed by atoms with Gasteiger partial charge in [0, 0.05) is 22.0 Å². The van der Waals surface area contributed by atoms with E-state index in [4.69, 9.17) is 23.2 Å². The average Bonchev–Trinajstić information content (AvgIpc) is 3.03. The summed E-state index contributed by atoms with van der Waals surface area (Å²) in [5, 5.41) is 12.4. The van der Waals surface area contributed by atoms with E-state index in [2.05, 4.69) is 4.99 Å². The van der Waals surface area contributed by atoms with Gasteiger partial charge < -0.3 is 5.11 Å². The third kappa shape index (κ3) is 3.77. The van der Waals surface area contributed by atoms with Crippen molar-refractivity contribution >= 4 is 50.0 Å². The van der Waals surface area contributed by atoms with Crippen LogP contribution in [0.25, 0.3) is 16.5 Å². The number of aliphatic imine (C=N–C) groups is 1. The Balaban J connectivity index is 1.95. The highest BCUT2D eigenvalue weighted by molar-refractivity contribution is 7.91. The van der Waals surface area contributed by atoms with Crippen molar-refractivity contribution in [3.63, 3.8) is 0 Å². The molecule has 2 aromatic carbocycles. The van der Waals surface area contributed by atoms with E-state index in [0.717, 1.165) is 4.57 Å². The minimum Gasteiger partial charge on any atom is -0.494 e. The predicted molar refractivity (Wildman–Crippen MR) is 116 cm³/mol. The molecule has 1 atom stereocenters. The summed E-state index contributed by atoms with van der Waals surface area (Å²) in [5.41, 5.74) is 0.0916. The second-order valence-electron chi connectivity index (χ2n) is 6.85. The van der Waals surface area contributed by atoms with Crippen molar-refractivity contribution in [1.82, 2.24) is 4.57 Å². The molecule has 3 aromatic rings. The summed E-state index contributed by atoms with van der Waals surface area (Å²) in [6.07, 6.45) is 1.86. The summed E-state index contributed by atoms with van der Waals surface area (Å²) in [6.45, 7) is 0. The maximum absolute atomic E-state index is 13.1. The number of aromatic nitrogens is 1. The second-order valence-corrected chi connectivity index (χ2v) is 9.93. The number of hydrogen-bond acceptors (Lipinski definition) is 5. The van der Waals surface area contributed by atoms with Gasteiger partial charge in [0.1, 0.15) is 0 Å². The zero-order valence-corrected chi connectivity index (χ0v) is 17.4. The van der Waals surface area contributed by atoms with Gasteiger partial charge >= 0.3 is 0 Å². The molecule has 4 rings (SSSR count). The van der Waals surface area contributed by atoms with Crippen LogP contribution >= 0.6 is 23.2 Å². The van der Waals surface area contributed by atoms with Crippen LogP contribution in [0.4, 0.5) is 0 Å². The van der Waals surface area contributed by atoms with Crippen LogP contribution in [0.5, 0.6) is 5.88 Å². The quantitative estimate of drug-likeness (QED) is 0.617. The molecule has 0 spiro atoms. The molecule has 1 aromatic heterocycles. The minimum absolute atomic E-state index is 0.0258. The van der Waals surface area contributed by atoms with Crippen LogP contribution < -0.4 is 5.56 Å². The van der Waals surface area contributed by atoms with Gasteiger partial charge in [-0.2, -0.15) is 0 Å². The fourth-order valence-corrected chi connectivity index (χ4v) is 5.45. The number of halogens is 2. The first kappa shape index (κ1) is 19.9. The van der Waals surface area contributed by atoms with E-state index in [1.807, 2.05) is 0 Å². The van der Waals surface area contributed by atoms with E-state index < -0.39 is 15.4 Å². The normalized spacial score (nSPS) is 18.6. The molecule has 0 unspecified atom stereocenters. The van der Waals surface area contributed by atoms with Gasteiger partial charge in [0.15, 0.2) is 9.84 Å². The molecule has 0 aliphatic carbocycles. The predicted octanol–water partition coefficient (Wildman–Crippen LogP) is 3.61. The molecule has 0 bridgehead atoms. The first-order valence-electron chi connectivity index (χ1n) is 8.82. The summed E-state index contributed by atoms with van der Waals surface area (Å²) in [4.78, 5) is 17.5. The number of benzene rings is 2. The first-order valence-corrected chi connectivity index (χ1v) is 11.4. The van der Waals surface area contributed by atoms with Crippen molar-refractivity contribution in [2.45, 2.75) is 12.5 Å². The maximum Gasteiger partial charge on any atom is 0.265 e. The molecule has 0 saturated carbocycles. The van der Waals surface area contributed by atoms with Gasteiger partial charge in [-0.15, -0.1) is 0 Å². The Morgan fingerprint density at radius 3 is 2.55 bits per heavy atom. The van der Waals surface area contributed by atoms with E-state index in [9.17, 15) is 18.3 Å². The Bertz CT molecular complexity index is 1320. The first-order chi connectivity index (χ1) is 13.8. The number of fused-ring (bicyclic) bond motifs is 1. The Morgan fingerprint density at radius 2 is 1.86 bits per heavy atom. The lowest BCUT2D eigenvalue weighted by Crippen LogP contribution is -2.20. The number of pyridine rings is 1. The number of hydrogen-bond donors (Lipinski definition) is 1. The van der Waals surface area contributed by atoms with Crippen LogP contribution in [0.2, 0.25) is 10.0 Å². The number of rotatable bonds is 3. The highest BCUT2D eigenvalue weighted by atomic mass is 35.5. The van der Waals surface area contributed by atoms with Crippen LogP contribution in [0.1, 0.15) is 12.0 Å². The molecule has 1 fully saturated rings. The van der Waals surface area contributed by atoms with Crippen molar-refractivity contribution < 1.29 is 13.5 Å². The lowest BCUT2D eigenvalue weighted by atomic mass is 10.1. The Labute approximate surface area is 177 Å². The number of sulfone groups is 1. The maximum atomic E-state index is 13.1. The molecule has 0 amide bonds. The van der Waals surface area contributed by atoms with E-state index in [-0.39, 0.29) is 34.1 Å².